The molecule has 0 fully saturated rings. The maximum absolute atomic E-state index is 5.64. The molecule has 1 heterocycles. The first kappa shape index (κ1) is 10.5. The first-order valence-corrected chi connectivity index (χ1v) is 5.60. The highest BCUT2D eigenvalue weighted by Gasteiger charge is 2.22. The van der Waals surface area contributed by atoms with Gasteiger partial charge in [0.1, 0.15) is 5.75 Å². The monoisotopic (exact) mass is 205 g/mol. The Kier molecular flexibility index (Phi) is 2.70. The second-order valence-corrected chi connectivity index (χ2v) is 4.84. The second kappa shape index (κ2) is 3.86. The molecule has 0 saturated heterocycles. The van der Waals surface area contributed by atoms with E-state index in [0.717, 1.165) is 31.7 Å². The van der Waals surface area contributed by atoms with Crippen LogP contribution in [0.3, 0.4) is 0 Å². The van der Waals surface area contributed by atoms with E-state index < -0.39 is 0 Å². The van der Waals surface area contributed by atoms with Gasteiger partial charge in [0.05, 0.1) is 6.61 Å². The van der Waals surface area contributed by atoms with Crippen LogP contribution < -0.4 is 10.5 Å². The molecule has 0 unspecified atom stereocenters. The summed E-state index contributed by atoms with van der Waals surface area (Å²) in [5.74, 6) is 1.06. The average Bonchev–Trinajstić information content (AvgIpc) is 2.63. The highest BCUT2D eigenvalue weighted by Crippen LogP contribution is 2.32. The summed E-state index contributed by atoms with van der Waals surface area (Å²) < 4.78 is 5.50. The molecule has 0 spiro atoms. The molecule has 2 N–H and O–H groups in total. The minimum Gasteiger partial charge on any atom is -0.493 e. The number of ether oxygens (including phenoxy) is 1. The number of nitrogens with two attached hydrogens (primary N) is 1. The van der Waals surface area contributed by atoms with Gasteiger partial charge >= 0.3 is 0 Å². The van der Waals surface area contributed by atoms with Crippen LogP contribution in [0, 0.1) is 0 Å². The molecule has 1 aliphatic rings. The summed E-state index contributed by atoms with van der Waals surface area (Å²) >= 11 is 0. The van der Waals surface area contributed by atoms with Crippen LogP contribution in [0.5, 0.6) is 5.75 Å². The molecule has 1 aliphatic heterocycles. The number of hydrogen-bond acceptors (Lipinski definition) is 2. The zero-order valence-corrected chi connectivity index (χ0v) is 9.55. The molecule has 0 aliphatic carbocycles. The third-order valence-electron chi connectivity index (χ3n) is 3.24. The largest absolute Gasteiger partial charge is 0.493 e. The van der Waals surface area contributed by atoms with E-state index in [4.69, 9.17) is 10.5 Å². The van der Waals surface area contributed by atoms with E-state index in [2.05, 4.69) is 32.0 Å². The maximum atomic E-state index is 5.64. The third kappa shape index (κ3) is 2.00. The summed E-state index contributed by atoms with van der Waals surface area (Å²) in [7, 11) is 0. The Hall–Kier alpha value is -1.02. The standard InChI is InChI=1S/C13H19NO/c1-13(2,6-7-14)11-3-4-12-10(9-11)5-8-15-12/h3-4,9H,5-8,14H2,1-2H3. The van der Waals surface area contributed by atoms with Gasteiger partial charge < -0.3 is 10.5 Å². The molecule has 0 bridgehead atoms. The molecule has 0 amide bonds. The van der Waals surface area contributed by atoms with Crippen molar-refractivity contribution in [1.29, 1.82) is 0 Å². The molecule has 0 aromatic heterocycles. The summed E-state index contributed by atoms with van der Waals surface area (Å²) in [5.41, 5.74) is 8.53. The van der Waals surface area contributed by atoms with Gasteiger partial charge in [-0.3, -0.25) is 0 Å². The molecule has 0 radical (unpaired) electrons. The zero-order chi connectivity index (χ0) is 10.9. The normalized spacial score (nSPS) is 14.9. The number of fused-ring (bicyclic) bond motifs is 1. The Morgan fingerprint density at radius 2 is 2.20 bits per heavy atom. The lowest BCUT2D eigenvalue weighted by molar-refractivity contribution is 0.356. The molecular weight excluding hydrogens is 186 g/mol. The molecule has 82 valence electrons. The van der Waals surface area contributed by atoms with Gasteiger partial charge in [0.2, 0.25) is 0 Å². The van der Waals surface area contributed by atoms with Gasteiger partial charge in [-0.2, -0.15) is 0 Å². The molecule has 15 heavy (non-hydrogen) atoms. The third-order valence-corrected chi connectivity index (χ3v) is 3.24. The molecule has 0 saturated carbocycles. The Balaban J connectivity index is 2.29. The van der Waals surface area contributed by atoms with Crippen molar-refractivity contribution in [3.05, 3.63) is 29.3 Å². The van der Waals surface area contributed by atoms with Crippen LogP contribution in [-0.2, 0) is 11.8 Å². The second-order valence-electron chi connectivity index (χ2n) is 4.84. The van der Waals surface area contributed by atoms with Crippen LogP contribution in [-0.4, -0.2) is 13.2 Å². The summed E-state index contributed by atoms with van der Waals surface area (Å²) in [6.45, 7) is 6.06. The molecule has 1 aromatic carbocycles. The molecule has 1 aromatic rings. The summed E-state index contributed by atoms with van der Waals surface area (Å²) in [5, 5.41) is 0. The highest BCUT2D eigenvalue weighted by molar-refractivity contribution is 5.42. The molecular formula is C13H19NO. The van der Waals surface area contributed by atoms with E-state index in [9.17, 15) is 0 Å². The van der Waals surface area contributed by atoms with Gasteiger partial charge in [-0.15, -0.1) is 0 Å². The van der Waals surface area contributed by atoms with E-state index in [-0.39, 0.29) is 5.41 Å². The Labute approximate surface area is 91.4 Å². The van der Waals surface area contributed by atoms with Crippen molar-refractivity contribution in [2.75, 3.05) is 13.2 Å². The first-order chi connectivity index (χ1) is 7.13. The Morgan fingerprint density at radius 1 is 1.40 bits per heavy atom. The van der Waals surface area contributed by atoms with Crippen molar-refractivity contribution in [3.63, 3.8) is 0 Å². The van der Waals surface area contributed by atoms with Crippen molar-refractivity contribution < 1.29 is 4.74 Å². The lowest BCUT2D eigenvalue weighted by Crippen LogP contribution is -2.21. The van der Waals surface area contributed by atoms with E-state index in [1.165, 1.54) is 11.1 Å². The Morgan fingerprint density at radius 3 is 2.93 bits per heavy atom. The van der Waals surface area contributed by atoms with Crippen LogP contribution in [0.4, 0.5) is 0 Å². The SMILES string of the molecule is CC(C)(CCN)c1ccc2c(c1)CCO2. The molecule has 0 atom stereocenters. The van der Waals surface area contributed by atoms with Gasteiger partial charge in [-0.05, 0) is 35.6 Å². The number of benzene rings is 1. The topological polar surface area (TPSA) is 35.2 Å². The van der Waals surface area contributed by atoms with Crippen molar-refractivity contribution >= 4 is 0 Å². The van der Waals surface area contributed by atoms with Crippen molar-refractivity contribution in [1.82, 2.24) is 0 Å². The number of rotatable bonds is 3. The highest BCUT2D eigenvalue weighted by atomic mass is 16.5. The maximum Gasteiger partial charge on any atom is 0.122 e. The average molecular weight is 205 g/mol. The van der Waals surface area contributed by atoms with Crippen molar-refractivity contribution in [2.45, 2.75) is 32.1 Å². The van der Waals surface area contributed by atoms with Gasteiger partial charge in [0, 0.05) is 6.42 Å². The van der Waals surface area contributed by atoms with Crippen molar-refractivity contribution in [2.24, 2.45) is 5.73 Å². The fourth-order valence-corrected chi connectivity index (χ4v) is 2.11. The van der Waals surface area contributed by atoms with E-state index in [1.54, 1.807) is 0 Å². The molecule has 2 nitrogen and oxygen atoms in total. The summed E-state index contributed by atoms with van der Waals surface area (Å²) in [6.07, 6.45) is 2.06. The zero-order valence-electron chi connectivity index (χ0n) is 9.55. The Bertz CT molecular complexity index is 358. The predicted molar refractivity (Wildman–Crippen MR) is 62.3 cm³/mol. The van der Waals surface area contributed by atoms with Gasteiger partial charge in [0.15, 0.2) is 0 Å². The van der Waals surface area contributed by atoms with E-state index in [0.29, 0.717) is 0 Å². The van der Waals surface area contributed by atoms with E-state index >= 15 is 0 Å². The summed E-state index contributed by atoms with van der Waals surface area (Å²) in [4.78, 5) is 0. The predicted octanol–water partition coefficient (Wildman–Crippen LogP) is 2.25. The molecule has 2 rings (SSSR count). The first-order valence-electron chi connectivity index (χ1n) is 5.60. The lowest BCUT2D eigenvalue weighted by Gasteiger charge is -2.25. The fourth-order valence-electron chi connectivity index (χ4n) is 2.11. The van der Waals surface area contributed by atoms with Crippen molar-refractivity contribution in [3.8, 4) is 5.75 Å². The quantitative estimate of drug-likeness (QED) is 0.821. The smallest absolute Gasteiger partial charge is 0.122 e. The van der Waals surface area contributed by atoms with Gasteiger partial charge in [0.25, 0.3) is 0 Å². The van der Waals surface area contributed by atoms with Gasteiger partial charge in [-0.25, -0.2) is 0 Å². The number of hydrogen-bond donors (Lipinski definition) is 1. The van der Waals surface area contributed by atoms with Gasteiger partial charge in [-0.1, -0.05) is 26.0 Å². The van der Waals surface area contributed by atoms with Crippen LogP contribution in [0.25, 0.3) is 0 Å². The van der Waals surface area contributed by atoms with Crippen LogP contribution in [0.2, 0.25) is 0 Å². The minimum atomic E-state index is 0.173. The molecule has 2 heteroatoms. The van der Waals surface area contributed by atoms with Crippen LogP contribution in [0.1, 0.15) is 31.4 Å². The van der Waals surface area contributed by atoms with Crippen LogP contribution >= 0.6 is 0 Å². The van der Waals surface area contributed by atoms with E-state index in [1.807, 2.05) is 0 Å². The lowest BCUT2D eigenvalue weighted by atomic mass is 9.81. The summed E-state index contributed by atoms with van der Waals surface area (Å²) in [6, 6.07) is 6.54. The van der Waals surface area contributed by atoms with Crippen LogP contribution in [0.15, 0.2) is 18.2 Å². The fraction of sp³-hybridized carbons (Fsp3) is 0.538. The minimum absolute atomic E-state index is 0.173.